The second kappa shape index (κ2) is 25.8. The molecule has 8 heterocycles. The lowest BCUT2D eigenvalue weighted by Gasteiger charge is -2.33. The van der Waals surface area contributed by atoms with Crippen LogP contribution in [0.15, 0.2) is 390 Å². The van der Waals surface area contributed by atoms with Gasteiger partial charge in [0.05, 0.1) is 40.3 Å². The molecule has 19 aromatic rings. The largest absolute Gasteiger partial charge is 0.471 e. The molecule has 0 saturated carbocycles. The van der Waals surface area contributed by atoms with Crippen LogP contribution in [0, 0.1) is 0 Å². The Morgan fingerprint density at radius 3 is 1.28 bits per heavy atom. The highest BCUT2D eigenvalue weighted by atomic mass is 32.2. The van der Waals surface area contributed by atoms with Crippen molar-refractivity contribution in [1.82, 2.24) is 0 Å². The molecule has 0 spiro atoms. The summed E-state index contributed by atoms with van der Waals surface area (Å²) in [4.78, 5) is 7.17. The second-order valence-corrected chi connectivity index (χ2v) is 29.8. The molecule has 0 N–H and O–H groups in total. The van der Waals surface area contributed by atoms with Crippen molar-refractivity contribution in [2.75, 3.05) is 9.80 Å². The third-order valence-corrected chi connectivity index (χ3v) is 23.8. The Kier molecular flexibility index (Phi) is 14.9. The Balaban J connectivity index is 0.000000135. The standard InChI is InChI=1S/C49H33B2NO2.C48H29B2NO3S/c1-4-13-33(14-5-1)34-23-25-37(26-24-34)50-46-42-21-10-11-22-44(42)53-48(46)51(47-43-31-35-15-12-16-36(35)32-45(43)54-49(47)50)38-27-29-41(30-28-38)52(39-17-6-2-7-18-39)40-19-8-3-9-20-40;1-2-10-30(11-3-1)31-18-20-32(21-19-31)49-45-36-12-4-7-15-40(36)53-47(45)50(46-44-35-28-29-52-39(35)26-27-41(44)54-48(46)49)33-22-24-34(25-23-33)51-37-13-5-8-16-42(37)55-43-17-9-6-14-38(43)51/h1-15,17-32H,16H2;1-29H. The lowest BCUT2D eigenvalue weighted by atomic mass is 9.24. The Hall–Kier alpha value is -13.3. The van der Waals surface area contributed by atoms with Crippen LogP contribution >= 0.6 is 11.8 Å². The highest BCUT2D eigenvalue weighted by Gasteiger charge is 2.49. The van der Waals surface area contributed by atoms with Crippen LogP contribution < -0.4 is 76.1 Å². The molecule has 0 amide bonds. The molecule has 0 radical (unpaired) electrons. The highest BCUT2D eigenvalue weighted by molar-refractivity contribution is 7.99. The third kappa shape index (κ3) is 10.4. The summed E-state index contributed by atoms with van der Waals surface area (Å²) < 4.78 is 34.2. The summed E-state index contributed by atoms with van der Waals surface area (Å²) in [7, 11) is 0. The highest BCUT2D eigenvalue weighted by Crippen LogP contribution is 2.51. The van der Waals surface area contributed by atoms with E-state index in [2.05, 4.69) is 362 Å². The summed E-state index contributed by atoms with van der Waals surface area (Å²) in [6.45, 7) is -0.696. The third-order valence-electron chi connectivity index (χ3n) is 22.7. The maximum absolute atomic E-state index is 7.12. The molecule has 4 aliphatic rings. The zero-order valence-electron chi connectivity index (χ0n) is 59.0. The molecule has 0 fully saturated rings. The van der Waals surface area contributed by atoms with Gasteiger partial charge in [-0.1, -0.05) is 276 Å². The van der Waals surface area contributed by atoms with Crippen molar-refractivity contribution in [1.29, 1.82) is 0 Å². The molecule has 109 heavy (non-hydrogen) atoms. The number of anilines is 6. The van der Waals surface area contributed by atoms with Crippen LogP contribution in [-0.4, -0.2) is 26.9 Å². The number of allylic oxidation sites excluding steroid dienone is 1. The number of benzene rings is 14. The van der Waals surface area contributed by atoms with Gasteiger partial charge in [0, 0.05) is 59.5 Å². The number of hydrogen-bond donors (Lipinski definition) is 0. The number of furan rings is 5. The first-order chi connectivity index (χ1) is 54.1. The maximum atomic E-state index is 7.12. The molecule has 3 aliphatic heterocycles. The molecule has 14 aromatic carbocycles. The summed E-state index contributed by atoms with van der Waals surface area (Å²) >= 11 is 1.82. The fourth-order valence-electron chi connectivity index (χ4n) is 17.8. The van der Waals surface area contributed by atoms with Crippen LogP contribution in [0.2, 0.25) is 0 Å². The molecule has 7 nitrogen and oxygen atoms in total. The van der Waals surface area contributed by atoms with E-state index < -0.39 is 0 Å². The van der Waals surface area contributed by atoms with E-state index in [0.29, 0.717) is 0 Å². The van der Waals surface area contributed by atoms with Crippen molar-refractivity contribution in [3.05, 3.63) is 369 Å². The zero-order valence-corrected chi connectivity index (χ0v) is 59.8. The number of rotatable bonds is 10. The fraction of sp³-hybridized carbons (Fsp3) is 0.0103. The van der Waals surface area contributed by atoms with Gasteiger partial charge in [-0.05, 0) is 177 Å². The van der Waals surface area contributed by atoms with Gasteiger partial charge in [-0.25, -0.2) is 0 Å². The number of hydrogen-bond acceptors (Lipinski definition) is 8. The van der Waals surface area contributed by atoms with E-state index >= 15 is 0 Å². The van der Waals surface area contributed by atoms with E-state index in [-0.39, 0.29) is 26.9 Å². The monoisotopic (exact) mass is 1410 g/mol. The van der Waals surface area contributed by atoms with Crippen LogP contribution in [0.4, 0.5) is 34.1 Å². The number of nitrogens with zero attached hydrogens (tertiary/aromatic N) is 2. The van der Waals surface area contributed by atoms with E-state index in [1.165, 1.54) is 70.9 Å². The van der Waals surface area contributed by atoms with Crippen molar-refractivity contribution in [3.8, 4) is 22.3 Å². The molecule has 23 rings (SSSR count). The Labute approximate surface area is 635 Å². The minimum absolute atomic E-state index is 0.136. The Bertz CT molecular complexity index is 6670. The van der Waals surface area contributed by atoms with Crippen LogP contribution in [0.25, 0.3) is 83.2 Å². The molecule has 0 unspecified atom stereocenters. The van der Waals surface area contributed by atoms with Crippen LogP contribution in [0.1, 0.15) is 11.1 Å². The topological polar surface area (TPSA) is 72.2 Å². The van der Waals surface area contributed by atoms with Gasteiger partial charge in [-0.2, -0.15) is 0 Å². The summed E-state index contributed by atoms with van der Waals surface area (Å²) in [6.07, 6.45) is 7.19. The quantitative estimate of drug-likeness (QED) is 0.125. The summed E-state index contributed by atoms with van der Waals surface area (Å²) in [5.74, 6) is 0. The summed E-state index contributed by atoms with van der Waals surface area (Å²) in [5.41, 5.74) is 31.7. The average Bonchev–Trinajstić information content (AvgIpc) is 1.54. The molecule has 5 aromatic heterocycles. The molecule has 12 heteroatoms. The van der Waals surface area contributed by atoms with Crippen LogP contribution in [-0.2, 0) is 6.42 Å². The summed E-state index contributed by atoms with van der Waals surface area (Å²) in [5, 5.41) is 5.50. The van der Waals surface area contributed by atoms with Crippen molar-refractivity contribution >= 4 is 200 Å². The first-order valence-electron chi connectivity index (χ1n) is 37.3. The van der Waals surface area contributed by atoms with Gasteiger partial charge in [0.25, 0.3) is 26.9 Å². The van der Waals surface area contributed by atoms with Crippen LogP contribution in [0.5, 0.6) is 0 Å². The Morgan fingerprint density at radius 1 is 0.312 bits per heavy atom. The van der Waals surface area contributed by atoms with Crippen molar-refractivity contribution in [3.63, 3.8) is 0 Å². The lowest BCUT2D eigenvalue weighted by molar-refractivity contribution is 0.615. The van der Waals surface area contributed by atoms with Crippen molar-refractivity contribution in [2.45, 2.75) is 16.2 Å². The predicted molar refractivity (Wildman–Crippen MR) is 456 cm³/mol. The SMILES string of the molecule is C1=Cc2cc3c4c(oc3cc2C1)B(c1ccc(-c2ccccc2)cc1)c1c(oc2ccccc12)B4c1ccc(N(c2ccccc2)c2ccccc2)cc1.c1ccc(-c2ccc(B3c4oc5ccc6occc6c5c4B(c4ccc(N5c6ccccc6Sc6ccccc65)cc4)c4oc5ccccc5c43)cc2)cc1. The van der Waals surface area contributed by atoms with Gasteiger partial charge in [-0.3, -0.25) is 0 Å². The molecule has 0 bridgehead atoms. The van der Waals surface area contributed by atoms with Crippen molar-refractivity contribution < 1.29 is 22.1 Å². The molecule has 508 valence electrons. The average molecular weight is 1410 g/mol. The maximum Gasteiger partial charge on any atom is 0.290 e. The first kappa shape index (κ1) is 63.0. The smallest absolute Gasteiger partial charge is 0.290 e. The van der Waals surface area contributed by atoms with Gasteiger partial charge < -0.3 is 31.9 Å². The zero-order chi connectivity index (χ0) is 71.6. The predicted octanol–water partition coefficient (Wildman–Crippen LogP) is 17.1. The van der Waals surface area contributed by atoms with E-state index in [1.807, 2.05) is 17.8 Å². The number of para-hydroxylation sites is 6. The van der Waals surface area contributed by atoms with E-state index in [9.17, 15) is 0 Å². The minimum atomic E-state index is -0.218. The molecular formula is C97H62B4N2O5S. The molecule has 0 saturated heterocycles. The first-order valence-corrected chi connectivity index (χ1v) is 38.2. The van der Waals surface area contributed by atoms with Crippen LogP contribution in [0.3, 0.4) is 0 Å². The van der Waals surface area contributed by atoms with Gasteiger partial charge in [0.1, 0.15) is 27.9 Å². The van der Waals surface area contributed by atoms with Crippen molar-refractivity contribution in [2.24, 2.45) is 0 Å². The van der Waals surface area contributed by atoms with Gasteiger partial charge >= 0.3 is 0 Å². The fourth-order valence-corrected chi connectivity index (χ4v) is 18.8. The summed E-state index contributed by atoms with van der Waals surface area (Å²) in [6, 6.07) is 123. The van der Waals surface area contributed by atoms with Gasteiger partial charge in [-0.15, -0.1) is 0 Å². The van der Waals surface area contributed by atoms with E-state index in [0.717, 1.165) is 134 Å². The molecule has 0 atom stereocenters. The Morgan fingerprint density at radius 2 is 0.725 bits per heavy atom. The second-order valence-electron chi connectivity index (χ2n) is 28.7. The molecule has 1 aliphatic carbocycles. The van der Waals surface area contributed by atoms with Gasteiger partial charge in [0.15, 0.2) is 0 Å². The normalized spacial score (nSPS) is 13.1. The van der Waals surface area contributed by atoms with E-state index in [4.69, 9.17) is 22.1 Å². The minimum Gasteiger partial charge on any atom is -0.471 e. The lowest BCUT2D eigenvalue weighted by Crippen LogP contribution is -2.73. The van der Waals surface area contributed by atoms with E-state index in [1.54, 1.807) is 6.26 Å². The number of fused-ring (bicyclic) bond motifs is 17. The van der Waals surface area contributed by atoms with Gasteiger partial charge in [0.2, 0.25) is 0 Å². The molecular weight excluding hydrogens is 1350 g/mol.